The molecular weight excluding hydrogens is 394 g/mol. The van der Waals surface area contributed by atoms with Gasteiger partial charge in [0.05, 0.1) is 18.6 Å². The van der Waals surface area contributed by atoms with Crippen molar-refractivity contribution in [2.24, 2.45) is 5.92 Å². The van der Waals surface area contributed by atoms with Crippen LogP contribution >= 0.6 is 0 Å². The van der Waals surface area contributed by atoms with Crippen LogP contribution in [0.25, 0.3) is 0 Å². The molecule has 1 aromatic rings. The van der Waals surface area contributed by atoms with Crippen LogP contribution in [-0.2, 0) is 14.3 Å². The Hall–Kier alpha value is -2.57. The van der Waals surface area contributed by atoms with Gasteiger partial charge in [0.2, 0.25) is 5.91 Å². The number of unbranched alkanes of at least 4 members (excludes halogenated alkanes) is 1. The molecule has 1 fully saturated rings. The first-order valence-corrected chi connectivity index (χ1v) is 11.5. The van der Waals surface area contributed by atoms with E-state index in [9.17, 15) is 14.4 Å². The zero-order valence-electron chi connectivity index (χ0n) is 19.1. The minimum Gasteiger partial charge on any atom is -0.466 e. The van der Waals surface area contributed by atoms with Crippen LogP contribution in [0.5, 0.6) is 0 Å². The number of rotatable bonds is 10. The summed E-state index contributed by atoms with van der Waals surface area (Å²) in [5.74, 6) is -0.266. The molecule has 31 heavy (non-hydrogen) atoms. The number of likely N-dealkylation sites (tertiary alicyclic amines) is 1. The second kappa shape index (κ2) is 13.0. The molecule has 1 aliphatic heterocycles. The van der Waals surface area contributed by atoms with Gasteiger partial charge < -0.3 is 19.9 Å². The summed E-state index contributed by atoms with van der Waals surface area (Å²) in [4.78, 5) is 41.1. The Kier molecular flexibility index (Phi) is 10.3. The Labute approximate surface area is 186 Å². The van der Waals surface area contributed by atoms with Gasteiger partial charge in [0.25, 0.3) is 0 Å². The van der Waals surface area contributed by atoms with Crippen molar-refractivity contribution in [1.82, 2.24) is 15.1 Å². The SMILES string of the molecule is CCCCNC(=O)N(CCC(=O)N1CCC(C(=O)OCC)CC1)C(C)c1ccccc1. The third kappa shape index (κ3) is 7.56. The summed E-state index contributed by atoms with van der Waals surface area (Å²) in [7, 11) is 0. The van der Waals surface area contributed by atoms with Gasteiger partial charge in [0, 0.05) is 32.6 Å². The number of ether oxygens (including phenoxy) is 1. The van der Waals surface area contributed by atoms with Crippen LogP contribution in [-0.4, -0.2) is 60.5 Å². The molecule has 0 bridgehead atoms. The zero-order chi connectivity index (χ0) is 22.6. The predicted molar refractivity (Wildman–Crippen MR) is 120 cm³/mol. The number of hydrogen-bond acceptors (Lipinski definition) is 4. The summed E-state index contributed by atoms with van der Waals surface area (Å²) in [6.45, 7) is 8.35. The topological polar surface area (TPSA) is 79.0 Å². The lowest BCUT2D eigenvalue weighted by atomic mass is 9.97. The highest BCUT2D eigenvalue weighted by Gasteiger charge is 2.29. The Morgan fingerprint density at radius 3 is 2.45 bits per heavy atom. The van der Waals surface area contributed by atoms with E-state index in [0.717, 1.165) is 18.4 Å². The molecule has 0 aromatic heterocycles. The number of amides is 3. The maximum absolute atomic E-state index is 12.8. The molecule has 172 valence electrons. The average molecular weight is 432 g/mol. The van der Waals surface area contributed by atoms with Crippen molar-refractivity contribution in [3.8, 4) is 0 Å². The number of nitrogens with zero attached hydrogens (tertiary/aromatic N) is 2. The van der Waals surface area contributed by atoms with Gasteiger partial charge in [-0.15, -0.1) is 0 Å². The maximum Gasteiger partial charge on any atom is 0.317 e. The Balaban J connectivity index is 1.93. The van der Waals surface area contributed by atoms with Crippen LogP contribution in [0, 0.1) is 5.92 Å². The number of nitrogens with one attached hydrogen (secondary N) is 1. The standard InChI is InChI=1S/C24H37N3O4/c1-4-6-15-25-24(30)27(19(3)20-10-8-7-9-11-20)18-14-22(28)26-16-12-21(13-17-26)23(29)31-5-2/h7-11,19,21H,4-6,12-18H2,1-3H3,(H,25,30). The third-order valence-corrected chi connectivity index (χ3v) is 5.85. The summed E-state index contributed by atoms with van der Waals surface area (Å²) in [5.41, 5.74) is 1.04. The Bertz CT molecular complexity index is 702. The smallest absolute Gasteiger partial charge is 0.317 e. The van der Waals surface area contributed by atoms with E-state index in [-0.39, 0.29) is 36.3 Å². The Morgan fingerprint density at radius 1 is 1.16 bits per heavy atom. The van der Waals surface area contributed by atoms with Gasteiger partial charge in [0.1, 0.15) is 0 Å². The van der Waals surface area contributed by atoms with Gasteiger partial charge >= 0.3 is 12.0 Å². The fourth-order valence-corrected chi connectivity index (χ4v) is 3.86. The molecule has 1 atom stereocenters. The highest BCUT2D eigenvalue weighted by Crippen LogP contribution is 2.22. The van der Waals surface area contributed by atoms with Crippen molar-refractivity contribution in [1.29, 1.82) is 0 Å². The number of benzene rings is 1. The zero-order valence-corrected chi connectivity index (χ0v) is 19.1. The number of piperidine rings is 1. The Morgan fingerprint density at radius 2 is 1.84 bits per heavy atom. The quantitative estimate of drug-likeness (QED) is 0.452. The van der Waals surface area contributed by atoms with Crippen molar-refractivity contribution >= 4 is 17.9 Å². The van der Waals surface area contributed by atoms with Gasteiger partial charge in [0.15, 0.2) is 0 Å². The van der Waals surface area contributed by atoms with E-state index in [1.165, 1.54) is 0 Å². The van der Waals surface area contributed by atoms with Gasteiger partial charge in [-0.3, -0.25) is 9.59 Å². The molecule has 1 aromatic carbocycles. The highest BCUT2D eigenvalue weighted by molar-refractivity contribution is 5.79. The second-order valence-electron chi connectivity index (χ2n) is 8.02. The molecule has 3 amide bonds. The summed E-state index contributed by atoms with van der Waals surface area (Å²) in [6.07, 6.45) is 3.46. The van der Waals surface area contributed by atoms with E-state index < -0.39 is 0 Å². The fourth-order valence-electron chi connectivity index (χ4n) is 3.86. The first-order valence-electron chi connectivity index (χ1n) is 11.5. The lowest BCUT2D eigenvalue weighted by Crippen LogP contribution is -2.45. The van der Waals surface area contributed by atoms with Gasteiger partial charge in [-0.2, -0.15) is 0 Å². The van der Waals surface area contributed by atoms with E-state index in [1.807, 2.05) is 37.3 Å². The average Bonchev–Trinajstić information content (AvgIpc) is 2.80. The second-order valence-corrected chi connectivity index (χ2v) is 8.02. The van der Waals surface area contributed by atoms with Gasteiger partial charge in [-0.1, -0.05) is 43.7 Å². The van der Waals surface area contributed by atoms with Crippen molar-refractivity contribution in [3.05, 3.63) is 35.9 Å². The predicted octanol–water partition coefficient (Wildman–Crippen LogP) is 3.75. The summed E-state index contributed by atoms with van der Waals surface area (Å²) >= 11 is 0. The number of urea groups is 1. The minimum atomic E-state index is -0.166. The van der Waals surface area contributed by atoms with E-state index in [0.29, 0.717) is 45.6 Å². The van der Waals surface area contributed by atoms with Gasteiger partial charge in [-0.05, 0) is 38.7 Å². The maximum atomic E-state index is 12.8. The molecular formula is C24H37N3O4. The first kappa shape index (κ1) is 24.7. The van der Waals surface area contributed by atoms with Crippen LogP contribution in [0.4, 0.5) is 4.79 Å². The molecule has 1 aliphatic rings. The van der Waals surface area contributed by atoms with Crippen LogP contribution in [0.15, 0.2) is 30.3 Å². The van der Waals surface area contributed by atoms with E-state index in [1.54, 1.807) is 16.7 Å². The van der Waals surface area contributed by atoms with Crippen molar-refractivity contribution in [2.75, 3.05) is 32.8 Å². The van der Waals surface area contributed by atoms with Crippen molar-refractivity contribution in [2.45, 2.75) is 58.9 Å². The first-order chi connectivity index (χ1) is 15.0. The van der Waals surface area contributed by atoms with Crippen LogP contribution in [0.1, 0.15) is 64.5 Å². The molecule has 1 unspecified atom stereocenters. The van der Waals surface area contributed by atoms with Crippen molar-refractivity contribution < 1.29 is 19.1 Å². The molecule has 2 rings (SSSR count). The highest BCUT2D eigenvalue weighted by atomic mass is 16.5. The molecule has 7 nitrogen and oxygen atoms in total. The van der Waals surface area contributed by atoms with Crippen LogP contribution in [0.3, 0.4) is 0 Å². The number of esters is 1. The fraction of sp³-hybridized carbons (Fsp3) is 0.625. The molecule has 1 saturated heterocycles. The summed E-state index contributed by atoms with van der Waals surface area (Å²) < 4.78 is 5.10. The molecule has 0 aliphatic carbocycles. The van der Waals surface area contributed by atoms with Crippen molar-refractivity contribution in [3.63, 3.8) is 0 Å². The summed E-state index contributed by atoms with van der Waals surface area (Å²) in [5, 5.41) is 2.98. The molecule has 0 spiro atoms. The van der Waals surface area contributed by atoms with E-state index in [2.05, 4.69) is 12.2 Å². The molecule has 0 radical (unpaired) electrons. The monoisotopic (exact) mass is 431 g/mol. The molecule has 0 saturated carbocycles. The number of carbonyl (C=O) groups is 3. The van der Waals surface area contributed by atoms with Gasteiger partial charge in [-0.25, -0.2) is 4.79 Å². The molecule has 1 heterocycles. The molecule has 1 N–H and O–H groups in total. The van der Waals surface area contributed by atoms with Crippen LogP contribution < -0.4 is 5.32 Å². The summed E-state index contributed by atoms with van der Waals surface area (Å²) in [6, 6.07) is 9.59. The third-order valence-electron chi connectivity index (χ3n) is 5.85. The lowest BCUT2D eigenvalue weighted by Gasteiger charge is -2.33. The largest absolute Gasteiger partial charge is 0.466 e. The normalized spacial score (nSPS) is 15.3. The number of hydrogen-bond donors (Lipinski definition) is 1. The molecule has 7 heteroatoms. The van der Waals surface area contributed by atoms with Crippen LogP contribution in [0.2, 0.25) is 0 Å². The minimum absolute atomic E-state index is 0.0222. The lowest BCUT2D eigenvalue weighted by molar-refractivity contribution is -0.151. The van der Waals surface area contributed by atoms with E-state index >= 15 is 0 Å². The van der Waals surface area contributed by atoms with E-state index in [4.69, 9.17) is 4.74 Å². The number of carbonyl (C=O) groups excluding carboxylic acids is 3.